The molecule has 0 saturated carbocycles. The Kier molecular flexibility index (Phi) is 7.75. The van der Waals surface area contributed by atoms with Crippen LogP contribution in [0, 0.1) is 5.92 Å². The third kappa shape index (κ3) is 5.43. The fraction of sp³-hybridized carbons (Fsp3) is 0.552. The highest BCUT2D eigenvalue weighted by Crippen LogP contribution is 2.43. The van der Waals surface area contributed by atoms with E-state index in [-0.39, 0.29) is 12.0 Å². The average Bonchev–Trinajstić information content (AvgIpc) is 3.04. The van der Waals surface area contributed by atoms with Crippen LogP contribution in [-0.2, 0) is 11.3 Å². The number of rotatable bonds is 9. The molecule has 0 aliphatic carbocycles. The Hall–Kier alpha value is -2.33. The monoisotopic (exact) mass is 448 g/mol. The number of piperidine rings is 1. The van der Waals surface area contributed by atoms with Crippen LogP contribution in [0.3, 0.4) is 0 Å². The number of carbonyl (C=O) groups is 1. The SMILES string of the molecule is CCC(CC)C(=O)N(Cc1ccccc1)[C@H](C)CN1[C@@H]2CC[C@H]1C[C@@H](c1cccc(O)c1)C2. The van der Waals surface area contributed by atoms with Gasteiger partial charge in [-0.1, -0.05) is 56.3 Å². The van der Waals surface area contributed by atoms with Crippen LogP contribution >= 0.6 is 0 Å². The normalized spacial score (nSPS) is 23.6. The molecule has 4 rings (SSSR count). The first-order chi connectivity index (χ1) is 16.0. The average molecular weight is 449 g/mol. The van der Waals surface area contributed by atoms with E-state index in [0.29, 0.717) is 36.2 Å². The molecule has 2 aliphatic rings. The summed E-state index contributed by atoms with van der Waals surface area (Å²) in [5.41, 5.74) is 2.48. The lowest BCUT2D eigenvalue weighted by Gasteiger charge is -2.43. The molecule has 0 spiro atoms. The van der Waals surface area contributed by atoms with Gasteiger partial charge in [0.15, 0.2) is 0 Å². The summed E-state index contributed by atoms with van der Waals surface area (Å²) in [6.45, 7) is 8.13. The van der Waals surface area contributed by atoms with Crippen LogP contribution in [-0.4, -0.2) is 45.5 Å². The van der Waals surface area contributed by atoms with Gasteiger partial charge in [0.1, 0.15) is 5.75 Å². The third-order valence-corrected chi connectivity index (χ3v) is 8.05. The van der Waals surface area contributed by atoms with Gasteiger partial charge in [-0.15, -0.1) is 0 Å². The van der Waals surface area contributed by atoms with Gasteiger partial charge >= 0.3 is 0 Å². The second-order valence-corrected chi connectivity index (χ2v) is 10.2. The molecule has 2 aromatic carbocycles. The molecule has 33 heavy (non-hydrogen) atoms. The van der Waals surface area contributed by atoms with Gasteiger partial charge in [0.2, 0.25) is 5.91 Å². The molecule has 4 atom stereocenters. The van der Waals surface area contributed by atoms with E-state index in [1.807, 2.05) is 18.2 Å². The molecule has 0 unspecified atom stereocenters. The number of hydrogen-bond donors (Lipinski definition) is 1. The lowest BCUT2D eigenvalue weighted by molar-refractivity contribution is -0.139. The van der Waals surface area contributed by atoms with E-state index >= 15 is 0 Å². The molecular formula is C29H40N2O2. The Bertz CT molecular complexity index is 897. The predicted octanol–water partition coefficient (Wildman–Crippen LogP) is 5.96. The fourth-order valence-electron chi connectivity index (χ4n) is 6.13. The Morgan fingerprint density at radius 1 is 1.03 bits per heavy atom. The number of phenolic OH excluding ortho intramolecular Hbond substituents is 1. The van der Waals surface area contributed by atoms with Gasteiger partial charge in [-0.25, -0.2) is 0 Å². The van der Waals surface area contributed by atoms with Crippen molar-refractivity contribution in [1.82, 2.24) is 9.80 Å². The summed E-state index contributed by atoms with van der Waals surface area (Å²) in [4.78, 5) is 18.4. The maximum atomic E-state index is 13.5. The van der Waals surface area contributed by atoms with Crippen molar-refractivity contribution in [3.8, 4) is 5.75 Å². The van der Waals surface area contributed by atoms with Gasteiger partial charge in [-0.05, 0) is 74.6 Å². The number of amides is 1. The summed E-state index contributed by atoms with van der Waals surface area (Å²) in [5, 5.41) is 9.93. The van der Waals surface area contributed by atoms with Gasteiger partial charge < -0.3 is 10.0 Å². The van der Waals surface area contributed by atoms with Crippen LogP contribution in [0.25, 0.3) is 0 Å². The molecule has 2 fully saturated rings. The second-order valence-electron chi connectivity index (χ2n) is 10.2. The first kappa shape index (κ1) is 23.8. The topological polar surface area (TPSA) is 43.8 Å². The maximum Gasteiger partial charge on any atom is 0.226 e. The summed E-state index contributed by atoms with van der Waals surface area (Å²) < 4.78 is 0. The number of fused-ring (bicyclic) bond motifs is 2. The van der Waals surface area contributed by atoms with Crippen LogP contribution in [0.15, 0.2) is 54.6 Å². The Morgan fingerprint density at radius 3 is 2.30 bits per heavy atom. The summed E-state index contributed by atoms with van der Waals surface area (Å²) >= 11 is 0. The number of carbonyl (C=O) groups excluding carboxylic acids is 1. The number of hydrogen-bond acceptors (Lipinski definition) is 3. The molecule has 0 aromatic heterocycles. The van der Waals surface area contributed by atoms with E-state index in [2.05, 4.69) is 60.9 Å². The molecule has 2 bridgehead atoms. The van der Waals surface area contributed by atoms with E-state index in [1.165, 1.54) is 24.0 Å². The Labute approximate surface area is 199 Å². The molecular weight excluding hydrogens is 408 g/mol. The van der Waals surface area contributed by atoms with Gasteiger partial charge in [-0.3, -0.25) is 9.69 Å². The Balaban J connectivity index is 1.47. The zero-order valence-corrected chi connectivity index (χ0v) is 20.5. The molecule has 4 heteroatoms. The minimum absolute atomic E-state index is 0.101. The number of benzene rings is 2. The van der Waals surface area contributed by atoms with E-state index in [0.717, 1.165) is 32.2 Å². The van der Waals surface area contributed by atoms with Gasteiger partial charge in [0, 0.05) is 37.1 Å². The number of nitrogens with zero attached hydrogens (tertiary/aromatic N) is 2. The molecule has 1 amide bonds. The van der Waals surface area contributed by atoms with Crippen molar-refractivity contribution in [2.75, 3.05) is 6.54 Å². The van der Waals surface area contributed by atoms with E-state index in [4.69, 9.17) is 0 Å². The van der Waals surface area contributed by atoms with Crippen LogP contribution in [0.4, 0.5) is 0 Å². The van der Waals surface area contributed by atoms with Crippen molar-refractivity contribution in [3.63, 3.8) is 0 Å². The maximum absolute atomic E-state index is 13.5. The van der Waals surface area contributed by atoms with Crippen molar-refractivity contribution in [2.45, 2.75) is 89.9 Å². The zero-order valence-electron chi connectivity index (χ0n) is 20.5. The van der Waals surface area contributed by atoms with E-state index in [9.17, 15) is 9.90 Å². The molecule has 178 valence electrons. The third-order valence-electron chi connectivity index (χ3n) is 8.05. The summed E-state index contributed by atoms with van der Waals surface area (Å²) in [7, 11) is 0. The molecule has 2 saturated heterocycles. The number of aromatic hydroxyl groups is 1. The van der Waals surface area contributed by atoms with Crippen molar-refractivity contribution < 1.29 is 9.90 Å². The summed E-state index contributed by atoms with van der Waals surface area (Å²) in [6.07, 6.45) is 6.57. The highest BCUT2D eigenvalue weighted by Gasteiger charge is 2.42. The lowest BCUT2D eigenvalue weighted by atomic mass is 9.84. The second kappa shape index (κ2) is 10.7. The van der Waals surface area contributed by atoms with Gasteiger partial charge in [0.05, 0.1) is 0 Å². The highest BCUT2D eigenvalue weighted by molar-refractivity contribution is 5.79. The van der Waals surface area contributed by atoms with Crippen LogP contribution in [0.2, 0.25) is 0 Å². The Morgan fingerprint density at radius 2 is 1.70 bits per heavy atom. The molecule has 4 nitrogen and oxygen atoms in total. The van der Waals surface area contributed by atoms with Crippen molar-refractivity contribution in [3.05, 3.63) is 65.7 Å². The highest BCUT2D eigenvalue weighted by atomic mass is 16.3. The fourth-order valence-corrected chi connectivity index (χ4v) is 6.13. The van der Waals surface area contributed by atoms with Crippen molar-refractivity contribution in [1.29, 1.82) is 0 Å². The standard InChI is InChI=1S/C29H40N2O2/c1-4-23(5-2)29(33)30(20-22-10-7-6-8-11-22)21(3)19-31-26-14-15-27(31)17-25(16-26)24-12-9-13-28(32)18-24/h6-13,18,21,23,25-27,32H,4-5,14-17,19-20H2,1-3H3/t21-,25-,26+,27-/m1/s1. The molecule has 2 heterocycles. The van der Waals surface area contributed by atoms with Crippen LogP contribution < -0.4 is 0 Å². The first-order valence-electron chi connectivity index (χ1n) is 12.9. The molecule has 2 aromatic rings. The smallest absolute Gasteiger partial charge is 0.226 e. The van der Waals surface area contributed by atoms with Crippen molar-refractivity contribution in [2.24, 2.45) is 5.92 Å². The quantitative estimate of drug-likeness (QED) is 0.515. The van der Waals surface area contributed by atoms with E-state index < -0.39 is 0 Å². The summed E-state index contributed by atoms with van der Waals surface area (Å²) in [5.74, 6) is 1.29. The minimum Gasteiger partial charge on any atom is -0.508 e. The molecule has 2 aliphatic heterocycles. The number of phenols is 1. The van der Waals surface area contributed by atoms with Crippen LogP contribution in [0.5, 0.6) is 5.75 Å². The van der Waals surface area contributed by atoms with Crippen molar-refractivity contribution >= 4 is 5.91 Å². The zero-order chi connectivity index (χ0) is 23.4. The van der Waals surface area contributed by atoms with E-state index in [1.54, 1.807) is 6.07 Å². The molecule has 0 radical (unpaired) electrons. The minimum atomic E-state index is 0.101. The molecule has 1 N–H and O–H groups in total. The van der Waals surface area contributed by atoms with Gasteiger partial charge in [-0.2, -0.15) is 0 Å². The lowest BCUT2D eigenvalue weighted by Crippen LogP contribution is -2.51. The largest absolute Gasteiger partial charge is 0.508 e. The summed E-state index contributed by atoms with van der Waals surface area (Å²) in [6, 6.07) is 19.6. The first-order valence-corrected chi connectivity index (χ1v) is 12.9. The van der Waals surface area contributed by atoms with Gasteiger partial charge in [0.25, 0.3) is 0 Å². The predicted molar refractivity (Wildman–Crippen MR) is 134 cm³/mol. The van der Waals surface area contributed by atoms with Crippen LogP contribution in [0.1, 0.15) is 76.3 Å².